The summed E-state index contributed by atoms with van der Waals surface area (Å²) >= 11 is 0. The van der Waals surface area contributed by atoms with Crippen LogP contribution >= 0.6 is 0 Å². The van der Waals surface area contributed by atoms with E-state index in [1.165, 1.54) is 0 Å². The SMILES string of the molecule is CC(C)OC(=O)N[C@@H](CNC(=O)[C@@H]1CCCN(C(=O)CCC2CCNCC2)C1)C(=O)O. The summed E-state index contributed by atoms with van der Waals surface area (Å²) in [7, 11) is 0. The van der Waals surface area contributed by atoms with Gasteiger partial charge in [0.15, 0.2) is 0 Å². The van der Waals surface area contributed by atoms with Crippen molar-refractivity contribution in [1.82, 2.24) is 20.9 Å². The number of ether oxygens (including phenoxy) is 1. The number of carbonyl (C=O) groups is 4. The van der Waals surface area contributed by atoms with E-state index in [1.54, 1.807) is 18.7 Å². The van der Waals surface area contributed by atoms with Gasteiger partial charge in [-0.1, -0.05) is 0 Å². The molecule has 4 N–H and O–H groups in total. The minimum Gasteiger partial charge on any atom is -0.480 e. The third-order valence-corrected chi connectivity index (χ3v) is 5.78. The van der Waals surface area contributed by atoms with Crippen molar-refractivity contribution < 1.29 is 29.0 Å². The van der Waals surface area contributed by atoms with E-state index in [0.717, 1.165) is 38.8 Å². The fourth-order valence-electron chi connectivity index (χ4n) is 4.01. The van der Waals surface area contributed by atoms with Crippen molar-refractivity contribution in [3.05, 3.63) is 0 Å². The van der Waals surface area contributed by atoms with Gasteiger partial charge in [0.2, 0.25) is 11.8 Å². The van der Waals surface area contributed by atoms with Gasteiger partial charge in [-0.3, -0.25) is 9.59 Å². The minimum atomic E-state index is -1.29. The Morgan fingerprint density at radius 3 is 2.52 bits per heavy atom. The standard InChI is InChI=1S/C21H36N4O6/c1-14(2)31-21(30)24-17(20(28)29)12-23-19(27)16-4-3-11-25(13-16)18(26)6-5-15-7-9-22-10-8-15/h14-17,22H,3-13H2,1-2H3,(H,23,27)(H,24,30)(H,28,29)/t16-,17+/m1/s1. The van der Waals surface area contributed by atoms with Gasteiger partial charge < -0.3 is 30.7 Å². The molecule has 10 nitrogen and oxygen atoms in total. The number of piperidine rings is 2. The summed E-state index contributed by atoms with van der Waals surface area (Å²) in [5.41, 5.74) is 0. The third-order valence-electron chi connectivity index (χ3n) is 5.78. The number of amides is 3. The molecule has 0 bridgehead atoms. The van der Waals surface area contributed by atoms with Crippen molar-refractivity contribution in [2.24, 2.45) is 11.8 Å². The Hall–Kier alpha value is -2.36. The second kappa shape index (κ2) is 12.5. The van der Waals surface area contributed by atoms with E-state index in [2.05, 4.69) is 16.0 Å². The van der Waals surface area contributed by atoms with Crippen molar-refractivity contribution in [3.63, 3.8) is 0 Å². The van der Waals surface area contributed by atoms with E-state index >= 15 is 0 Å². The van der Waals surface area contributed by atoms with E-state index in [1.807, 2.05) is 0 Å². The zero-order valence-electron chi connectivity index (χ0n) is 18.5. The number of carbonyl (C=O) groups excluding carboxylic acids is 3. The number of aliphatic carboxylic acids is 1. The van der Waals surface area contributed by atoms with E-state index in [-0.39, 0.29) is 30.4 Å². The van der Waals surface area contributed by atoms with Crippen LogP contribution < -0.4 is 16.0 Å². The highest BCUT2D eigenvalue weighted by Crippen LogP contribution is 2.21. The number of carboxylic acids is 1. The van der Waals surface area contributed by atoms with Gasteiger partial charge >= 0.3 is 12.1 Å². The van der Waals surface area contributed by atoms with Gasteiger partial charge in [-0.15, -0.1) is 0 Å². The van der Waals surface area contributed by atoms with Crippen LogP contribution in [-0.4, -0.2) is 78.8 Å². The van der Waals surface area contributed by atoms with Gasteiger partial charge in [-0.25, -0.2) is 9.59 Å². The Morgan fingerprint density at radius 2 is 1.87 bits per heavy atom. The van der Waals surface area contributed by atoms with Crippen LogP contribution in [0.15, 0.2) is 0 Å². The summed E-state index contributed by atoms with van der Waals surface area (Å²) in [4.78, 5) is 50.0. The molecule has 2 atom stereocenters. The molecule has 0 aromatic heterocycles. The first-order chi connectivity index (χ1) is 14.8. The Kier molecular flexibility index (Phi) is 10.0. The Labute approximate surface area is 183 Å². The number of nitrogens with zero attached hydrogens (tertiary/aromatic N) is 1. The number of rotatable bonds is 9. The maximum Gasteiger partial charge on any atom is 0.408 e. The average Bonchev–Trinajstić information content (AvgIpc) is 2.74. The van der Waals surface area contributed by atoms with Gasteiger partial charge in [-0.2, -0.15) is 0 Å². The highest BCUT2D eigenvalue weighted by Gasteiger charge is 2.30. The summed E-state index contributed by atoms with van der Waals surface area (Å²) in [5.74, 6) is -1.29. The Balaban J connectivity index is 1.77. The fraction of sp³-hybridized carbons (Fsp3) is 0.810. The lowest BCUT2D eigenvalue weighted by molar-refractivity contribution is -0.139. The predicted octanol–water partition coefficient (Wildman–Crippen LogP) is 0.709. The molecular weight excluding hydrogens is 404 g/mol. The molecule has 0 spiro atoms. The number of hydrogen-bond donors (Lipinski definition) is 4. The van der Waals surface area contributed by atoms with Crippen LogP contribution in [0.1, 0.15) is 52.4 Å². The molecule has 176 valence electrons. The first-order valence-corrected chi connectivity index (χ1v) is 11.2. The van der Waals surface area contributed by atoms with Crippen molar-refractivity contribution in [3.8, 4) is 0 Å². The zero-order valence-corrected chi connectivity index (χ0v) is 18.5. The van der Waals surface area contributed by atoms with Crippen molar-refractivity contribution in [2.75, 3.05) is 32.7 Å². The van der Waals surface area contributed by atoms with Gasteiger partial charge in [-0.05, 0) is 65.0 Å². The molecule has 2 aliphatic rings. The normalized spacial score (nSPS) is 20.7. The van der Waals surface area contributed by atoms with Crippen molar-refractivity contribution in [1.29, 1.82) is 0 Å². The van der Waals surface area contributed by atoms with Crippen molar-refractivity contribution >= 4 is 23.9 Å². The molecule has 2 saturated heterocycles. The maximum absolute atomic E-state index is 12.6. The predicted molar refractivity (Wildman–Crippen MR) is 113 cm³/mol. The van der Waals surface area contributed by atoms with Gasteiger partial charge in [0.25, 0.3) is 0 Å². The summed E-state index contributed by atoms with van der Waals surface area (Å²) in [5, 5.41) is 17.4. The van der Waals surface area contributed by atoms with E-state index in [9.17, 15) is 24.3 Å². The molecule has 31 heavy (non-hydrogen) atoms. The smallest absolute Gasteiger partial charge is 0.408 e. The first kappa shape index (κ1) is 24.9. The van der Waals surface area contributed by atoms with Crippen LogP contribution in [0.5, 0.6) is 0 Å². The van der Waals surface area contributed by atoms with Gasteiger partial charge in [0.05, 0.1) is 12.0 Å². The zero-order chi connectivity index (χ0) is 22.8. The number of nitrogens with one attached hydrogen (secondary N) is 3. The van der Waals surface area contributed by atoms with E-state index in [0.29, 0.717) is 31.8 Å². The lowest BCUT2D eigenvalue weighted by atomic mass is 9.92. The van der Waals surface area contributed by atoms with Crippen molar-refractivity contribution in [2.45, 2.75) is 64.5 Å². The molecule has 0 aromatic carbocycles. The summed E-state index contributed by atoms with van der Waals surface area (Å²) in [6.45, 7) is 6.06. The van der Waals surface area contributed by atoms with Crippen LogP contribution in [0.25, 0.3) is 0 Å². The summed E-state index contributed by atoms with van der Waals surface area (Å²) < 4.78 is 4.89. The number of carboxylic acid groups (broad SMARTS) is 1. The molecule has 10 heteroatoms. The number of hydrogen-bond acceptors (Lipinski definition) is 6. The lowest BCUT2D eigenvalue weighted by Crippen LogP contribution is -2.51. The molecule has 0 unspecified atom stereocenters. The highest BCUT2D eigenvalue weighted by atomic mass is 16.6. The number of likely N-dealkylation sites (tertiary alicyclic amines) is 1. The Morgan fingerprint density at radius 1 is 1.16 bits per heavy atom. The highest BCUT2D eigenvalue weighted by molar-refractivity contribution is 5.83. The largest absolute Gasteiger partial charge is 0.480 e. The molecule has 2 aliphatic heterocycles. The average molecular weight is 441 g/mol. The van der Waals surface area contributed by atoms with E-state index < -0.39 is 18.1 Å². The van der Waals surface area contributed by atoms with Crippen LogP contribution in [-0.2, 0) is 19.1 Å². The molecule has 2 rings (SSSR count). The molecule has 2 heterocycles. The second-order valence-electron chi connectivity index (χ2n) is 8.65. The second-order valence-corrected chi connectivity index (χ2v) is 8.65. The fourth-order valence-corrected chi connectivity index (χ4v) is 4.01. The molecular formula is C21H36N4O6. The summed E-state index contributed by atoms with van der Waals surface area (Å²) in [6, 6.07) is -1.29. The van der Waals surface area contributed by atoms with Crippen LogP contribution in [0.2, 0.25) is 0 Å². The molecule has 0 aliphatic carbocycles. The topological polar surface area (TPSA) is 137 Å². The molecule has 0 saturated carbocycles. The summed E-state index contributed by atoms with van der Waals surface area (Å²) in [6.07, 6.45) is 3.73. The van der Waals surface area contributed by atoms with Crippen LogP contribution in [0, 0.1) is 11.8 Å². The lowest BCUT2D eigenvalue weighted by Gasteiger charge is -2.33. The minimum absolute atomic E-state index is 0.0811. The molecule has 3 amide bonds. The number of alkyl carbamates (subject to hydrolysis) is 1. The van der Waals surface area contributed by atoms with Crippen LogP contribution in [0.4, 0.5) is 4.79 Å². The van der Waals surface area contributed by atoms with Crippen LogP contribution in [0.3, 0.4) is 0 Å². The van der Waals surface area contributed by atoms with Gasteiger partial charge in [0.1, 0.15) is 6.04 Å². The molecule has 0 radical (unpaired) electrons. The monoisotopic (exact) mass is 440 g/mol. The third kappa shape index (κ3) is 8.72. The van der Waals surface area contributed by atoms with E-state index in [4.69, 9.17) is 4.74 Å². The van der Waals surface area contributed by atoms with Gasteiger partial charge in [0, 0.05) is 26.1 Å². The molecule has 2 fully saturated rings. The Bertz CT molecular complexity index is 635. The first-order valence-electron chi connectivity index (χ1n) is 11.2. The maximum atomic E-state index is 12.6. The quantitative estimate of drug-likeness (QED) is 0.414. The molecule has 0 aromatic rings.